The fraction of sp³-hybridized carbons (Fsp3) is 0.952. The van der Waals surface area contributed by atoms with E-state index in [9.17, 15) is 24.2 Å². The number of phosphoric ester groups is 1. The summed E-state index contributed by atoms with van der Waals surface area (Å²) in [6.07, 6.45) is 30.0. The van der Waals surface area contributed by atoms with Gasteiger partial charge in [-0.2, -0.15) is 0 Å². The maximum absolute atomic E-state index is 12.7. The van der Waals surface area contributed by atoms with Crippen LogP contribution in [0.15, 0.2) is 0 Å². The Morgan fingerprint density at radius 2 is 0.981 bits per heavy atom. The monoisotopic (exact) mass is 778 g/mol. The molecule has 0 aliphatic carbocycles. The average molecular weight is 778 g/mol. The molecule has 0 saturated carbocycles. The molecule has 316 valence electrons. The molecule has 0 aliphatic heterocycles. The molecule has 3 atom stereocenters. The van der Waals surface area contributed by atoms with Crippen LogP contribution in [-0.2, 0) is 32.7 Å². The summed E-state index contributed by atoms with van der Waals surface area (Å²) >= 11 is 0. The van der Waals surface area contributed by atoms with Crippen molar-refractivity contribution in [3.05, 3.63) is 0 Å². The number of aliphatic hydroxyl groups is 1. The predicted octanol–water partition coefficient (Wildman–Crippen LogP) is 10.4. The highest BCUT2D eigenvalue weighted by Gasteiger charge is 2.21. The van der Waals surface area contributed by atoms with Crippen LogP contribution in [0.1, 0.15) is 200 Å². The van der Waals surface area contributed by atoms with Crippen molar-refractivity contribution in [2.45, 2.75) is 212 Å². The maximum Gasteiger partial charge on any atom is 0.306 e. The van der Waals surface area contributed by atoms with E-state index in [1.807, 2.05) is 21.1 Å². The molecule has 0 fully saturated rings. The first-order chi connectivity index (χ1) is 25.4. The Morgan fingerprint density at radius 1 is 0.585 bits per heavy atom. The zero-order valence-corrected chi connectivity index (χ0v) is 36.0. The van der Waals surface area contributed by atoms with E-state index in [0.717, 1.165) is 83.5 Å². The Hall–Kier alpha value is -1.03. The summed E-state index contributed by atoms with van der Waals surface area (Å²) in [5, 5.41) is 10.1. The van der Waals surface area contributed by atoms with Gasteiger partial charge in [0.15, 0.2) is 6.10 Å². The number of hydrogen-bond donors (Lipinski definition) is 1. The van der Waals surface area contributed by atoms with E-state index < -0.39 is 32.5 Å². The van der Waals surface area contributed by atoms with E-state index >= 15 is 0 Å². The van der Waals surface area contributed by atoms with E-state index in [1.54, 1.807) is 0 Å². The van der Waals surface area contributed by atoms with Gasteiger partial charge in [-0.15, -0.1) is 0 Å². The van der Waals surface area contributed by atoms with Crippen LogP contribution >= 0.6 is 7.82 Å². The highest BCUT2D eigenvalue weighted by molar-refractivity contribution is 7.45. The number of rotatable bonds is 40. The number of esters is 2. The average Bonchev–Trinajstić information content (AvgIpc) is 3.10. The number of likely N-dealkylation sites (N-methyl/N-ethyl adjacent to an activating group) is 1. The third-order valence-electron chi connectivity index (χ3n) is 9.70. The molecule has 11 heteroatoms. The molecule has 0 radical (unpaired) electrons. The standard InChI is InChI=1S/C42H84NO9P/c1-6-8-10-12-13-14-15-16-17-18-22-25-29-33-41(45)49-37-40(38-51-53(47,48)50-36-35-43(3,4)5)52-42(46)34-30-26-23-20-19-21-24-28-32-39(44)31-27-11-9-7-2/h39-40,44H,6-38H2,1-5H3. The highest BCUT2D eigenvalue weighted by atomic mass is 31.2. The lowest BCUT2D eigenvalue weighted by Gasteiger charge is -2.28. The van der Waals surface area contributed by atoms with Gasteiger partial charge in [-0.25, -0.2) is 0 Å². The Morgan fingerprint density at radius 3 is 1.43 bits per heavy atom. The Balaban J connectivity index is 4.37. The molecule has 0 aliphatic rings. The maximum atomic E-state index is 12.7. The number of unbranched alkanes of at least 4 members (excludes halogenated alkanes) is 22. The van der Waals surface area contributed by atoms with Crippen LogP contribution in [0.3, 0.4) is 0 Å². The summed E-state index contributed by atoms with van der Waals surface area (Å²) in [6, 6.07) is 0. The quantitative estimate of drug-likeness (QED) is 0.0279. The molecule has 3 unspecified atom stereocenters. The number of ether oxygens (including phenoxy) is 2. The van der Waals surface area contributed by atoms with Crippen LogP contribution in [0.25, 0.3) is 0 Å². The van der Waals surface area contributed by atoms with E-state index in [1.165, 1.54) is 83.5 Å². The molecule has 0 aromatic rings. The number of hydrogen-bond acceptors (Lipinski definition) is 9. The first kappa shape index (κ1) is 52.0. The fourth-order valence-electron chi connectivity index (χ4n) is 6.21. The van der Waals surface area contributed by atoms with Gasteiger partial charge in [-0.3, -0.25) is 14.2 Å². The second-order valence-corrected chi connectivity index (χ2v) is 17.7. The molecule has 0 aromatic heterocycles. The molecule has 0 rings (SSSR count). The van der Waals surface area contributed by atoms with Gasteiger partial charge >= 0.3 is 11.9 Å². The van der Waals surface area contributed by atoms with Crippen molar-refractivity contribution in [3.8, 4) is 0 Å². The van der Waals surface area contributed by atoms with E-state index in [-0.39, 0.29) is 32.2 Å². The van der Waals surface area contributed by atoms with Crippen LogP contribution in [-0.4, -0.2) is 81.2 Å². The van der Waals surface area contributed by atoms with E-state index in [2.05, 4.69) is 13.8 Å². The summed E-state index contributed by atoms with van der Waals surface area (Å²) in [5.41, 5.74) is 0. The van der Waals surface area contributed by atoms with Crippen molar-refractivity contribution in [1.29, 1.82) is 0 Å². The summed E-state index contributed by atoms with van der Waals surface area (Å²) in [7, 11) is 1.14. The lowest BCUT2D eigenvalue weighted by molar-refractivity contribution is -0.870. The van der Waals surface area contributed by atoms with E-state index in [0.29, 0.717) is 17.4 Å². The summed E-state index contributed by atoms with van der Waals surface area (Å²) < 4.78 is 33.8. The lowest BCUT2D eigenvalue weighted by atomic mass is 10.0. The molecule has 0 amide bonds. The van der Waals surface area contributed by atoms with Crippen molar-refractivity contribution in [2.24, 2.45) is 0 Å². The molecular formula is C42H84NO9P. The minimum absolute atomic E-state index is 0.0365. The molecule has 1 N–H and O–H groups in total. The fourth-order valence-corrected chi connectivity index (χ4v) is 6.93. The Labute approximate surface area is 326 Å². The van der Waals surface area contributed by atoms with Gasteiger partial charge in [-0.05, 0) is 25.7 Å². The molecule has 10 nitrogen and oxygen atoms in total. The Bertz CT molecular complexity index is 898. The molecule has 0 spiro atoms. The number of quaternary nitrogens is 1. The number of aliphatic hydroxyl groups excluding tert-OH is 1. The van der Waals surface area contributed by atoms with Crippen LogP contribution < -0.4 is 4.89 Å². The second-order valence-electron chi connectivity index (χ2n) is 16.2. The van der Waals surface area contributed by atoms with Crippen LogP contribution in [0, 0.1) is 0 Å². The minimum atomic E-state index is -4.63. The summed E-state index contributed by atoms with van der Waals surface area (Å²) in [5.74, 6) is -0.858. The predicted molar refractivity (Wildman–Crippen MR) is 214 cm³/mol. The molecule has 0 bridgehead atoms. The number of carbonyl (C=O) groups excluding carboxylic acids is 2. The van der Waals surface area contributed by atoms with Gasteiger partial charge in [0.1, 0.15) is 19.8 Å². The third-order valence-corrected chi connectivity index (χ3v) is 10.7. The minimum Gasteiger partial charge on any atom is -0.756 e. The smallest absolute Gasteiger partial charge is 0.306 e. The van der Waals surface area contributed by atoms with Gasteiger partial charge in [0, 0.05) is 12.8 Å². The zero-order chi connectivity index (χ0) is 39.5. The van der Waals surface area contributed by atoms with Crippen LogP contribution in [0.5, 0.6) is 0 Å². The largest absolute Gasteiger partial charge is 0.756 e. The summed E-state index contributed by atoms with van der Waals surface area (Å²) in [6.45, 7) is 4.14. The van der Waals surface area contributed by atoms with Crippen LogP contribution in [0.2, 0.25) is 0 Å². The normalized spacial score (nSPS) is 14.2. The van der Waals surface area contributed by atoms with Gasteiger partial charge in [0.05, 0.1) is 33.9 Å². The van der Waals surface area contributed by atoms with Crippen molar-refractivity contribution >= 4 is 19.8 Å². The number of nitrogens with zero attached hydrogens (tertiary/aromatic N) is 1. The molecule has 0 saturated heterocycles. The third kappa shape index (κ3) is 39.0. The van der Waals surface area contributed by atoms with Crippen LogP contribution in [0.4, 0.5) is 0 Å². The first-order valence-corrected chi connectivity index (χ1v) is 23.3. The van der Waals surface area contributed by atoms with E-state index in [4.69, 9.17) is 18.5 Å². The van der Waals surface area contributed by atoms with Crippen molar-refractivity contribution < 1.29 is 47.2 Å². The number of phosphoric acid groups is 1. The van der Waals surface area contributed by atoms with Gasteiger partial charge in [0.25, 0.3) is 7.82 Å². The van der Waals surface area contributed by atoms with Gasteiger partial charge < -0.3 is 33.0 Å². The van der Waals surface area contributed by atoms with Crippen molar-refractivity contribution in [1.82, 2.24) is 0 Å². The van der Waals surface area contributed by atoms with Crippen molar-refractivity contribution in [3.63, 3.8) is 0 Å². The second kappa shape index (κ2) is 35.4. The first-order valence-electron chi connectivity index (χ1n) is 21.8. The lowest BCUT2D eigenvalue weighted by Crippen LogP contribution is -2.37. The molecule has 53 heavy (non-hydrogen) atoms. The van der Waals surface area contributed by atoms with Crippen molar-refractivity contribution in [2.75, 3.05) is 47.5 Å². The highest BCUT2D eigenvalue weighted by Crippen LogP contribution is 2.38. The Kier molecular flexibility index (Phi) is 34.7. The van der Waals surface area contributed by atoms with Gasteiger partial charge in [-0.1, -0.05) is 162 Å². The van der Waals surface area contributed by atoms with Gasteiger partial charge in [0.2, 0.25) is 0 Å². The molecule has 0 heterocycles. The molecular weight excluding hydrogens is 693 g/mol. The number of carbonyl (C=O) groups is 2. The summed E-state index contributed by atoms with van der Waals surface area (Å²) in [4.78, 5) is 37.5. The topological polar surface area (TPSA) is 131 Å². The molecule has 0 aromatic carbocycles. The SMILES string of the molecule is CCCCCCCCCCCCCCCC(=O)OCC(COP(=O)([O-])OCC[N+](C)(C)C)OC(=O)CCCCCCCCCCC(O)CCCCCC. The zero-order valence-electron chi connectivity index (χ0n) is 35.1.